The summed E-state index contributed by atoms with van der Waals surface area (Å²) >= 11 is 1.51. The monoisotopic (exact) mass is 466 g/mol. The Morgan fingerprint density at radius 3 is 2.82 bits per heavy atom. The number of imidazole rings is 1. The topological polar surface area (TPSA) is 104 Å². The Bertz CT molecular complexity index is 1400. The van der Waals surface area contributed by atoms with Gasteiger partial charge in [-0.25, -0.2) is 28.7 Å². The molecule has 11 heteroatoms. The molecular formula is C22H20F2N8S. The molecule has 0 saturated carbocycles. The number of halogens is 2. The minimum atomic E-state index is -0.366. The first-order valence-corrected chi connectivity index (χ1v) is 11.3. The zero-order valence-electron chi connectivity index (χ0n) is 17.5. The molecule has 0 atom stereocenters. The van der Waals surface area contributed by atoms with Gasteiger partial charge in [0.2, 0.25) is 0 Å². The molecule has 0 aliphatic rings. The summed E-state index contributed by atoms with van der Waals surface area (Å²) in [5.41, 5.74) is 2.45. The van der Waals surface area contributed by atoms with Crippen LogP contribution in [-0.4, -0.2) is 43.0 Å². The van der Waals surface area contributed by atoms with Gasteiger partial charge in [-0.15, -0.1) is 0 Å². The van der Waals surface area contributed by atoms with E-state index in [1.807, 2.05) is 0 Å². The lowest BCUT2D eigenvalue weighted by molar-refractivity contribution is 0.602. The van der Waals surface area contributed by atoms with E-state index in [1.54, 1.807) is 18.3 Å². The van der Waals surface area contributed by atoms with Gasteiger partial charge in [-0.05, 0) is 24.3 Å². The van der Waals surface area contributed by atoms with Crippen LogP contribution in [0.5, 0.6) is 0 Å². The summed E-state index contributed by atoms with van der Waals surface area (Å²) < 4.78 is 27.1. The predicted molar refractivity (Wildman–Crippen MR) is 123 cm³/mol. The molecule has 0 saturated heterocycles. The predicted octanol–water partition coefficient (Wildman–Crippen LogP) is 3.62. The summed E-state index contributed by atoms with van der Waals surface area (Å²) in [6.07, 6.45) is 4.47. The molecular weight excluding hydrogens is 446 g/mol. The van der Waals surface area contributed by atoms with Gasteiger partial charge in [0.25, 0.3) is 0 Å². The Labute approximate surface area is 191 Å². The van der Waals surface area contributed by atoms with E-state index in [9.17, 15) is 8.78 Å². The van der Waals surface area contributed by atoms with Crippen molar-refractivity contribution >= 4 is 38.5 Å². The van der Waals surface area contributed by atoms with Crippen molar-refractivity contribution in [2.24, 2.45) is 0 Å². The summed E-state index contributed by atoms with van der Waals surface area (Å²) in [5.74, 6) is 0.719. The Morgan fingerprint density at radius 1 is 1.00 bits per heavy atom. The van der Waals surface area contributed by atoms with Crippen molar-refractivity contribution in [2.45, 2.75) is 19.4 Å². The van der Waals surface area contributed by atoms with Crippen molar-refractivity contribution in [3.63, 3.8) is 0 Å². The summed E-state index contributed by atoms with van der Waals surface area (Å²) in [4.78, 5) is 25.7. The molecule has 0 aliphatic heterocycles. The fraction of sp³-hybridized carbons (Fsp3) is 0.227. The van der Waals surface area contributed by atoms with Crippen LogP contribution in [-0.2, 0) is 19.4 Å². The van der Waals surface area contributed by atoms with E-state index >= 15 is 0 Å². The number of aromatic amines is 1. The molecule has 4 aromatic heterocycles. The molecule has 5 aromatic rings. The highest BCUT2D eigenvalue weighted by molar-refractivity contribution is 7.18. The van der Waals surface area contributed by atoms with Gasteiger partial charge < -0.3 is 15.6 Å². The van der Waals surface area contributed by atoms with E-state index in [1.165, 1.54) is 35.9 Å². The number of thiazole rings is 1. The molecule has 0 aliphatic carbocycles. The molecule has 0 radical (unpaired) electrons. The SMILES string of the molecule is Fc1ccc2[nH]c(CCNCCc3nc4c(NCc5ncccc5F)ncnc4s3)nc2c1. The maximum atomic E-state index is 13.8. The fourth-order valence-electron chi connectivity index (χ4n) is 3.43. The van der Waals surface area contributed by atoms with Gasteiger partial charge >= 0.3 is 0 Å². The number of anilines is 1. The second-order valence-corrected chi connectivity index (χ2v) is 8.43. The van der Waals surface area contributed by atoms with Gasteiger partial charge in [0.15, 0.2) is 5.82 Å². The Morgan fingerprint density at radius 2 is 1.91 bits per heavy atom. The van der Waals surface area contributed by atoms with Crippen molar-refractivity contribution < 1.29 is 8.78 Å². The third-order valence-corrected chi connectivity index (χ3v) is 6.07. The molecule has 3 N–H and O–H groups in total. The zero-order valence-corrected chi connectivity index (χ0v) is 18.3. The maximum absolute atomic E-state index is 13.8. The molecule has 0 unspecified atom stereocenters. The van der Waals surface area contributed by atoms with Crippen LogP contribution < -0.4 is 10.6 Å². The Balaban J connectivity index is 1.15. The lowest BCUT2D eigenvalue weighted by Crippen LogP contribution is -2.20. The van der Waals surface area contributed by atoms with Gasteiger partial charge in [0, 0.05) is 38.2 Å². The standard InChI is InChI=1S/C22H20F2N8S/c23-13-3-4-15-16(10-13)31-18(30-15)5-8-25-9-6-19-32-20-21(28-12-29-22(20)33-19)27-11-17-14(24)2-1-7-26-17/h1-4,7,10,12,25H,5-6,8-9,11H2,(H,30,31)(H,27,28,29). The first-order valence-electron chi connectivity index (χ1n) is 10.4. The molecule has 0 spiro atoms. The van der Waals surface area contributed by atoms with Crippen LogP contribution in [0.1, 0.15) is 16.5 Å². The summed E-state index contributed by atoms with van der Waals surface area (Å²) in [6, 6.07) is 7.47. The van der Waals surface area contributed by atoms with Crippen LogP contribution >= 0.6 is 11.3 Å². The average Bonchev–Trinajstić information content (AvgIpc) is 3.41. The van der Waals surface area contributed by atoms with Crippen molar-refractivity contribution in [3.8, 4) is 0 Å². The molecule has 0 fully saturated rings. The molecule has 5 rings (SSSR count). The Kier molecular flexibility index (Phi) is 6.13. The number of fused-ring (bicyclic) bond motifs is 2. The lowest BCUT2D eigenvalue weighted by Gasteiger charge is -2.05. The number of nitrogens with one attached hydrogen (secondary N) is 3. The number of hydrogen-bond donors (Lipinski definition) is 3. The Hall–Kier alpha value is -3.57. The van der Waals surface area contributed by atoms with E-state index in [2.05, 4.69) is 40.5 Å². The number of benzene rings is 1. The number of aromatic nitrogens is 6. The smallest absolute Gasteiger partial charge is 0.157 e. The van der Waals surface area contributed by atoms with Gasteiger partial charge in [-0.2, -0.15) is 0 Å². The van der Waals surface area contributed by atoms with Gasteiger partial charge in [0.1, 0.15) is 34.1 Å². The number of hydrogen-bond acceptors (Lipinski definition) is 8. The average molecular weight is 467 g/mol. The first-order chi connectivity index (χ1) is 16.2. The molecule has 0 amide bonds. The highest BCUT2D eigenvalue weighted by Gasteiger charge is 2.12. The second-order valence-electron chi connectivity index (χ2n) is 7.36. The normalized spacial score (nSPS) is 11.5. The number of pyridine rings is 1. The van der Waals surface area contributed by atoms with Crippen LogP contribution in [0.3, 0.4) is 0 Å². The van der Waals surface area contributed by atoms with Crippen LogP contribution in [0.25, 0.3) is 21.4 Å². The van der Waals surface area contributed by atoms with E-state index in [0.717, 1.165) is 40.7 Å². The van der Waals surface area contributed by atoms with E-state index in [0.29, 0.717) is 29.0 Å². The highest BCUT2D eigenvalue weighted by Crippen LogP contribution is 2.25. The summed E-state index contributed by atoms with van der Waals surface area (Å²) in [6.45, 7) is 1.68. The molecule has 4 heterocycles. The molecule has 33 heavy (non-hydrogen) atoms. The second kappa shape index (κ2) is 9.51. The highest BCUT2D eigenvalue weighted by atomic mass is 32.1. The molecule has 8 nitrogen and oxygen atoms in total. The molecule has 168 valence electrons. The van der Waals surface area contributed by atoms with Crippen molar-refractivity contribution in [2.75, 3.05) is 18.4 Å². The minimum absolute atomic E-state index is 0.210. The largest absolute Gasteiger partial charge is 0.362 e. The quantitative estimate of drug-likeness (QED) is 0.285. The number of rotatable bonds is 9. The number of H-pyrrole nitrogens is 1. The molecule has 1 aromatic carbocycles. The van der Waals surface area contributed by atoms with Crippen LogP contribution in [0.2, 0.25) is 0 Å². The van der Waals surface area contributed by atoms with Gasteiger partial charge in [-0.1, -0.05) is 11.3 Å². The van der Waals surface area contributed by atoms with Crippen LogP contribution in [0.15, 0.2) is 42.9 Å². The van der Waals surface area contributed by atoms with Crippen LogP contribution in [0, 0.1) is 11.6 Å². The van der Waals surface area contributed by atoms with Crippen LogP contribution in [0.4, 0.5) is 14.6 Å². The number of nitrogens with zero attached hydrogens (tertiary/aromatic N) is 5. The third kappa shape index (κ3) is 4.94. The van der Waals surface area contributed by atoms with Crippen molar-refractivity contribution in [1.82, 2.24) is 35.2 Å². The first kappa shape index (κ1) is 21.3. The molecule has 0 bridgehead atoms. The van der Waals surface area contributed by atoms with E-state index in [4.69, 9.17) is 0 Å². The lowest BCUT2D eigenvalue weighted by atomic mass is 10.3. The summed E-state index contributed by atoms with van der Waals surface area (Å²) in [5, 5.41) is 7.42. The van der Waals surface area contributed by atoms with Crippen molar-refractivity contribution in [1.29, 1.82) is 0 Å². The van der Waals surface area contributed by atoms with Gasteiger partial charge in [0.05, 0.1) is 28.3 Å². The van der Waals surface area contributed by atoms with E-state index < -0.39 is 0 Å². The fourth-order valence-corrected chi connectivity index (χ4v) is 4.33. The zero-order chi connectivity index (χ0) is 22.6. The van der Waals surface area contributed by atoms with Crippen molar-refractivity contribution in [3.05, 3.63) is 71.0 Å². The third-order valence-electron chi connectivity index (χ3n) is 5.05. The maximum Gasteiger partial charge on any atom is 0.157 e. The summed E-state index contributed by atoms with van der Waals surface area (Å²) in [7, 11) is 0. The minimum Gasteiger partial charge on any atom is -0.362 e. The van der Waals surface area contributed by atoms with E-state index in [-0.39, 0.29) is 18.2 Å². The van der Waals surface area contributed by atoms with Gasteiger partial charge in [-0.3, -0.25) is 4.98 Å².